The van der Waals surface area contributed by atoms with Crippen LogP contribution in [0.4, 0.5) is 0 Å². The summed E-state index contributed by atoms with van der Waals surface area (Å²) >= 11 is 2.74. The van der Waals surface area contributed by atoms with E-state index in [2.05, 4.69) is 15.2 Å². The second-order valence-electron chi connectivity index (χ2n) is 6.71. The molecule has 3 aromatic heterocycles. The molecule has 0 saturated heterocycles. The van der Waals surface area contributed by atoms with Crippen molar-refractivity contribution in [2.45, 2.75) is 38.9 Å². The molecule has 31 heavy (non-hydrogen) atoms. The summed E-state index contributed by atoms with van der Waals surface area (Å²) in [7, 11) is 0. The zero-order valence-electron chi connectivity index (χ0n) is 17.4. The molecule has 9 nitrogen and oxygen atoms in total. The predicted octanol–water partition coefficient (Wildman–Crippen LogP) is 2.98. The quantitative estimate of drug-likeness (QED) is 0.269. The van der Waals surface area contributed by atoms with Gasteiger partial charge in [-0.25, -0.2) is 4.79 Å². The number of nitrogens with zero attached hydrogens (tertiary/aromatic N) is 3. The second kappa shape index (κ2) is 9.92. The van der Waals surface area contributed by atoms with Gasteiger partial charge < -0.3 is 20.0 Å². The second-order valence-corrected chi connectivity index (χ2v) is 8.60. The Kier molecular flexibility index (Phi) is 7.29. The number of esters is 1. The largest absolute Gasteiger partial charge is 0.461 e. The van der Waals surface area contributed by atoms with E-state index in [1.807, 2.05) is 17.5 Å². The summed E-state index contributed by atoms with van der Waals surface area (Å²) in [6.07, 6.45) is 0.136. The van der Waals surface area contributed by atoms with E-state index in [4.69, 9.17) is 10.5 Å². The number of nitrogens with two attached hydrogens (primary N) is 1. The van der Waals surface area contributed by atoms with Gasteiger partial charge in [0.15, 0.2) is 16.8 Å². The number of ketones is 1. The van der Waals surface area contributed by atoms with Crippen LogP contribution in [0.3, 0.4) is 0 Å². The van der Waals surface area contributed by atoms with Crippen molar-refractivity contribution in [1.82, 2.24) is 19.7 Å². The van der Waals surface area contributed by atoms with Gasteiger partial charge >= 0.3 is 5.97 Å². The molecule has 0 radical (unpaired) electrons. The lowest BCUT2D eigenvalue weighted by Gasteiger charge is -2.08. The van der Waals surface area contributed by atoms with Crippen molar-refractivity contribution < 1.29 is 19.1 Å². The van der Waals surface area contributed by atoms with E-state index in [0.29, 0.717) is 34.3 Å². The number of hydrogen-bond donors (Lipinski definition) is 2. The number of hydrogen-bond acceptors (Lipinski definition) is 8. The average Bonchev–Trinajstić information content (AvgIpc) is 3.43. The molecule has 0 aromatic carbocycles. The number of aryl methyl sites for hydroxylation is 1. The van der Waals surface area contributed by atoms with E-state index in [0.717, 1.165) is 4.88 Å². The van der Waals surface area contributed by atoms with E-state index >= 15 is 0 Å². The first-order chi connectivity index (χ1) is 14.8. The lowest BCUT2D eigenvalue weighted by atomic mass is 10.1. The van der Waals surface area contributed by atoms with Crippen molar-refractivity contribution in [1.29, 1.82) is 0 Å². The highest BCUT2D eigenvalue weighted by Crippen LogP contribution is 2.29. The highest BCUT2D eigenvalue weighted by Gasteiger charge is 2.24. The fourth-order valence-electron chi connectivity index (χ4n) is 3.19. The van der Waals surface area contributed by atoms with Crippen LogP contribution in [-0.4, -0.2) is 49.8 Å². The van der Waals surface area contributed by atoms with Crippen LogP contribution in [-0.2, 0) is 16.1 Å². The predicted molar refractivity (Wildman–Crippen MR) is 118 cm³/mol. The summed E-state index contributed by atoms with van der Waals surface area (Å²) in [6, 6.07) is 3.82. The Morgan fingerprint density at radius 3 is 2.71 bits per heavy atom. The van der Waals surface area contributed by atoms with Crippen molar-refractivity contribution in [2.24, 2.45) is 5.73 Å². The molecule has 0 aliphatic carbocycles. The number of aromatic nitrogens is 4. The molecule has 0 bridgehead atoms. The molecule has 3 heterocycles. The number of primary amides is 1. The molecule has 3 N–H and O–H groups in total. The maximum atomic E-state index is 12.9. The lowest BCUT2D eigenvalue weighted by Crippen LogP contribution is -2.15. The fourth-order valence-corrected chi connectivity index (χ4v) is 4.74. The van der Waals surface area contributed by atoms with Crippen molar-refractivity contribution >= 4 is 40.8 Å². The molecule has 0 unspecified atom stereocenters. The minimum atomic E-state index is -0.485. The lowest BCUT2D eigenvalue weighted by molar-refractivity contribution is -0.118. The molecular weight excluding hydrogens is 438 g/mol. The van der Waals surface area contributed by atoms with Gasteiger partial charge in [0.2, 0.25) is 5.91 Å². The SMILES string of the molecule is CCOC(=O)c1[nH]c(C)c(C(=O)CSc2nnc(-c3cccs3)n2CCC(N)=O)c1C. The number of aromatic amines is 1. The summed E-state index contributed by atoms with van der Waals surface area (Å²) in [6.45, 7) is 5.77. The highest BCUT2D eigenvalue weighted by atomic mass is 32.2. The average molecular weight is 462 g/mol. The van der Waals surface area contributed by atoms with Crippen LogP contribution in [0.5, 0.6) is 0 Å². The topological polar surface area (TPSA) is 133 Å². The Morgan fingerprint density at radius 2 is 2.06 bits per heavy atom. The number of thioether (sulfide) groups is 1. The normalized spacial score (nSPS) is 10.9. The number of ether oxygens (including phenoxy) is 1. The van der Waals surface area contributed by atoms with Gasteiger partial charge in [0, 0.05) is 24.2 Å². The van der Waals surface area contributed by atoms with Crippen molar-refractivity contribution in [3.05, 3.63) is 40.0 Å². The third-order valence-corrected chi connectivity index (χ3v) is 6.40. The maximum Gasteiger partial charge on any atom is 0.355 e. The number of amides is 1. The van der Waals surface area contributed by atoms with Gasteiger partial charge in [-0.1, -0.05) is 17.8 Å². The molecule has 0 saturated carbocycles. The Morgan fingerprint density at radius 1 is 1.29 bits per heavy atom. The van der Waals surface area contributed by atoms with Gasteiger partial charge in [-0.3, -0.25) is 9.59 Å². The Labute approximate surface area is 187 Å². The Hall–Kier alpha value is -2.92. The van der Waals surface area contributed by atoms with Crippen LogP contribution in [0, 0.1) is 13.8 Å². The zero-order chi connectivity index (χ0) is 22.5. The number of Topliss-reactive ketones (excluding diaryl/α,β-unsaturated/α-hetero) is 1. The van der Waals surface area contributed by atoms with Crippen LogP contribution in [0.15, 0.2) is 22.7 Å². The molecule has 0 aliphatic rings. The highest BCUT2D eigenvalue weighted by molar-refractivity contribution is 7.99. The van der Waals surface area contributed by atoms with Gasteiger partial charge in [-0.15, -0.1) is 21.5 Å². The third-order valence-electron chi connectivity index (χ3n) is 4.57. The minimum absolute atomic E-state index is 0.0982. The number of carbonyl (C=O) groups is 3. The Balaban J connectivity index is 1.80. The molecule has 3 rings (SSSR count). The van der Waals surface area contributed by atoms with Crippen LogP contribution in [0.2, 0.25) is 0 Å². The standard InChI is InChI=1S/C20H23N5O4S2/c1-4-29-19(28)17-11(2)16(12(3)22-17)13(26)10-31-20-24-23-18(14-6-5-9-30-14)25(20)8-7-15(21)27/h5-6,9,22H,4,7-8,10H2,1-3H3,(H2,21,27). The summed E-state index contributed by atoms with van der Waals surface area (Å²) in [5, 5.41) is 10.9. The number of carbonyl (C=O) groups excluding carboxylic acids is 3. The van der Waals surface area contributed by atoms with Crippen molar-refractivity contribution in [2.75, 3.05) is 12.4 Å². The van der Waals surface area contributed by atoms with E-state index in [1.54, 1.807) is 25.3 Å². The molecular formula is C20H23N5O4S2. The first kappa shape index (κ1) is 22.8. The first-order valence-electron chi connectivity index (χ1n) is 9.61. The number of thiophene rings is 1. The van der Waals surface area contributed by atoms with E-state index in [9.17, 15) is 14.4 Å². The van der Waals surface area contributed by atoms with Crippen LogP contribution in [0.25, 0.3) is 10.7 Å². The summed E-state index contributed by atoms with van der Waals surface area (Å²) in [5.74, 6) is -0.329. The van der Waals surface area contributed by atoms with Crippen LogP contribution < -0.4 is 5.73 Å². The van der Waals surface area contributed by atoms with Gasteiger partial charge in [0.1, 0.15) is 5.69 Å². The van der Waals surface area contributed by atoms with Gasteiger partial charge in [-0.05, 0) is 37.8 Å². The smallest absolute Gasteiger partial charge is 0.355 e. The monoisotopic (exact) mass is 461 g/mol. The summed E-state index contributed by atoms with van der Waals surface area (Å²) in [4.78, 5) is 40.2. The zero-order valence-corrected chi connectivity index (χ0v) is 19.1. The molecule has 11 heteroatoms. The van der Waals surface area contributed by atoms with Crippen molar-refractivity contribution in [3.8, 4) is 10.7 Å². The van der Waals surface area contributed by atoms with Crippen LogP contribution in [0.1, 0.15) is 45.4 Å². The van der Waals surface area contributed by atoms with E-state index in [-0.39, 0.29) is 30.3 Å². The number of rotatable bonds is 10. The number of nitrogens with one attached hydrogen (secondary N) is 1. The molecule has 0 spiro atoms. The molecule has 0 aliphatic heterocycles. The van der Waals surface area contributed by atoms with E-state index in [1.165, 1.54) is 23.1 Å². The van der Waals surface area contributed by atoms with Gasteiger partial charge in [-0.2, -0.15) is 0 Å². The Bertz CT molecular complexity index is 1100. The summed E-state index contributed by atoms with van der Waals surface area (Å²) < 4.78 is 6.84. The van der Waals surface area contributed by atoms with Crippen LogP contribution >= 0.6 is 23.1 Å². The first-order valence-corrected chi connectivity index (χ1v) is 11.5. The van der Waals surface area contributed by atoms with Gasteiger partial charge in [0.05, 0.1) is 17.2 Å². The maximum absolute atomic E-state index is 12.9. The fraction of sp³-hybridized carbons (Fsp3) is 0.350. The third kappa shape index (κ3) is 5.05. The van der Waals surface area contributed by atoms with E-state index < -0.39 is 11.9 Å². The summed E-state index contributed by atoms with van der Waals surface area (Å²) in [5.41, 5.74) is 7.25. The minimum Gasteiger partial charge on any atom is -0.461 e. The molecule has 3 aromatic rings. The van der Waals surface area contributed by atoms with Crippen molar-refractivity contribution in [3.63, 3.8) is 0 Å². The number of H-pyrrole nitrogens is 1. The molecule has 0 atom stereocenters. The molecule has 0 fully saturated rings. The van der Waals surface area contributed by atoms with Gasteiger partial charge in [0.25, 0.3) is 0 Å². The molecule has 164 valence electrons. The molecule has 1 amide bonds.